The van der Waals surface area contributed by atoms with E-state index in [1.54, 1.807) is 18.3 Å². The van der Waals surface area contributed by atoms with Gasteiger partial charge >= 0.3 is 0 Å². The summed E-state index contributed by atoms with van der Waals surface area (Å²) in [7, 11) is 0. The molecular weight excluding hydrogens is 278 g/mol. The van der Waals surface area contributed by atoms with Crippen LogP contribution in [0.15, 0.2) is 29.2 Å². The minimum absolute atomic E-state index is 0.0114. The van der Waals surface area contributed by atoms with Gasteiger partial charge in [-0.05, 0) is 25.0 Å². The number of aromatic amines is 1. The molecule has 0 atom stereocenters. The van der Waals surface area contributed by atoms with Crippen LogP contribution < -0.4 is 10.5 Å². The van der Waals surface area contributed by atoms with Crippen molar-refractivity contribution >= 4 is 5.95 Å². The summed E-state index contributed by atoms with van der Waals surface area (Å²) in [6, 6.07) is 7.31. The molecule has 0 radical (unpaired) electrons. The van der Waals surface area contributed by atoms with Crippen molar-refractivity contribution in [2.24, 2.45) is 0 Å². The smallest absolute Gasteiger partial charge is 0.270 e. The van der Waals surface area contributed by atoms with Gasteiger partial charge in [-0.1, -0.05) is 18.9 Å². The summed E-state index contributed by atoms with van der Waals surface area (Å²) in [5.41, 5.74) is 0.502. The van der Waals surface area contributed by atoms with Crippen molar-refractivity contribution in [2.75, 3.05) is 18.0 Å². The highest BCUT2D eigenvalue weighted by Crippen LogP contribution is 2.20. The zero-order valence-corrected chi connectivity index (χ0v) is 12.2. The zero-order valence-electron chi connectivity index (χ0n) is 12.2. The average Bonchev–Trinajstić information content (AvgIpc) is 2.84. The molecule has 22 heavy (non-hydrogen) atoms. The van der Waals surface area contributed by atoms with Crippen LogP contribution in [0, 0.1) is 11.3 Å². The molecule has 1 aliphatic rings. The van der Waals surface area contributed by atoms with Crippen LogP contribution in [0.1, 0.15) is 31.2 Å². The van der Waals surface area contributed by atoms with E-state index in [1.165, 1.54) is 12.8 Å². The Hall–Kier alpha value is -2.68. The quantitative estimate of drug-likeness (QED) is 0.916. The number of pyridine rings is 1. The molecule has 1 N–H and O–H groups in total. The third-order valence-electron chi connectivity index (χ3n) is 3.83. The minimum Gasteiger partial charge on any atom is -0.342 e. The van der Waals surface area contributed by atoms with E-state index in [4.69, 9.17) is 0 Å². The number of aromatic nitrogens is 3. The lowest BCUT2D eigenvalue weighted by Crippen LogP contribution is -2.29. The first-order valence-corrected chi connectivity index (χ1v) is 7.50. The van der Waals surface area contributed by atoms with Crippen LogP contribution in [0.5, 0.6) is 0 Å². The molecule has 0 unspecified atom stereocenters. The molecule has 0 saturated carbocycles. The molecule has 0 aliphatic carbocycles. The van der Waals surface area contributed by atoms with E-state index in [1.807, 2.05) is 12.1 Å². The standard InChI is InChI=1S/C16H17N5O/c17-11-12-14(13-7-3-4-8-18-13)19-16(20-15(12)22)21-9-5-1-2-6-10-21/h3-4,7-8H,1-2,5-6,9-10H2,(H,19,20,22). The monoisotopic (exact) mass is 295 g/mol. The van der Waals surface area contributed by atoms with Crippen molar-refractivity contribution in [3.8, 4) is 17.5 Å². The van der Waals surface area contributed by atoms with Crippen molar-refractivity contribution in [2.45, 2.75) is 25.7 Å². The molecule has 6 nitrogen and oxygen atoms in total. The number of hydrogen-bond donors (Lipinski definition) is 1. The summed E-state index contributed by atoms with van der Waals surface area (Å²) in [6.45, 7) is 1.74. The molecule has 0 aromatic carbocycles. The van der Waals surface area contributed by atoms with E-state index in [0.717, 1.165) is 25.9 Å². The third-order valence-corrected chi connectivity index (χ3v) is 3.83. The SMILES string of the molecule is N#Cc1c(-c2ccccn2)nc(N2CCCCCC2)[nH]c1=O. The lowest BCUT2D eigenvalue weighted by Gasteiger charge is -2.21. The van der Waals surface area contributed by atoms with E-state index < -0.39 is 5.56 Å². The summed E-state index contributed by atoms with van der Waals surface area (Å²) in [5.74, 6) is 0.534. The van der Waals surface area contributed by atoms with Crippen LogP contribution in [-0.2, 0) is 0 Å². The highest BCUT2D eigenvalue weighted by atomic mass is 16.1. The van der Waals surface area contributed by atoms with Gasteiger partial charge in [-0.25, -0.2) is 4.98 Å². The van der Waals surface area contributed by atoms with Gasteiger partial charge in [0, 0.05) is 19.3 Å². The maximum Gasteiger partial charge on any atom is 0.270 e. The van der Waals surface area contributed by atoms with E-state index in [0.29, 0.717) is 17.3 Å². The molecule has 3 heterocycles. The number of nitriles is 1. The fraction of sp³-hybridized carbons (Fsp3) is 0.375. The second-order valence-corrected chi connectivity index (χ2v) is 5.34. The molecule has 1 aliphatic heterocycles. The van der Waals surface area contributed by atoms with Crippen LogP contribution in [-0.4, -0.2) is 28.0 Å². The molecule has 1 fully saturated rings. The van der Waals surface area contributed by atoms with Crippen molar-refractivity contribution in [3.05, 3.63) is 40.3 Å². The fourth-order valence-corrected chi connectivity index (χ4v) is 2.69. The molecule has 6 heteroatoms. The van der Waals surface area contributed by atoms with Crippen molar-refractivity contribution in [3.63, 3.8) is 0 Å². The topological polar surface area (TPSA) is 85.7 Å². The summed E-state index contributed by atoms with van der Waals surface area (Å²) in [6.07, 6.45) is 6.20. The number of hydrogen-bond acceptors (Lipinski definition) is 5. The average molecular weight is 295 g/mol. The number of rotatable bonds is 2. The molecular formula is C16H17N5O. The normalized spacial score (nSPS) is 15.1. The van der Waals surface area contributed by atoms with Crippen molar-refractivity contribution in [1.29, 1.82) is 5.26 Å². The summed E-state index contributed by atoms with van der Waals surface area (Å²) >= 11 is 0. The number of nitrogens with one attached hydrogen (secondary N) is 1. The van der Waals surface area contributed by atoms with Gasteiger partial charge in [0.15, 0.2) is 0 Å². The maximum absolute atomic E-state index is 12.2. The number of nitrogens with zero attached hydrogens (tertiary/aromatic N) is 4. The van der Waals surface area contributed by atoms with Gasteiger partial charge in [0.05, 0.1) is 5.69 Å². The molecule has 0 bridgehead atoms. The van der Waals surface area contributed by atoms with Gasteiger partial charge in [0.1, 0.15) is 17.3 Å². The highest BCUT2D eigenvalue weighted by molar-refractivity contribution is 5.63. The van der Waals surface area contributed by atoms with E-state index in [2.05, 4.69) is 19.9 Å². The lowest BCUT2D eigenvalue weighted by molar-refractivity contribution is 0.726. The van der Waals surface area contributed by atoms with Gasteiger partial charge in [-0.2, -0.15) is 5.26 Å². The first kappa shape index (κ1) is 14.3. The van der Waals surface area contributed by atoms with E-state index in [-0.39, 0.29) is 5.56 Å². The third kappa shape index (κ3) is 2.84. The Morgan fingerprint density at radius 3 is 2.59 bits per heavy atom. The first-order chi connectivity index (χ1) is 10.8. The zero-order chi connectivity index (χ0) is 15.4. The fourth-order valence-electron chi connectivity index (χ4n) is 2.69. The van der Waals surface area contributed by atoms with E-state index in [9.17, 15) is 10.1 Å². The van der Waals surface area contributed by atoms with Crippen molar-refractivity contribution in [1.82, 2.24) is 15.0 Å². The molecule has 0 amide bonds. The second kappa shape index (κ2) is 6.39. The summed E-state index contributed by atoms with van der Waals surface area (Å²) in [5, 5.41) is 9.26. The molecule has 1 saturated heterocycles. The van der Waals surface area contributed by atoms with Gasteiger partial charge in [-0.3, -0.25) is 14.8 Å². The lowest BCUT2D eigenvalue weighted by atomic mass is 10.2. The first-order valence-electron chi connectivity index (χ1n) is 7.50. The largest absolute Gasteiger partial charge is 0.342 e. The van der Waals surface area contributed by atoms with Crippen molar-refractivity contribution < 1.29 is 0 Å². The molecule has 3 rings (SSSR count). The molecule has 2 aromatic rings. The Labute approximate surface area is 128 Å². The molecule has 112 valence electrons. The molecule has 0 spiro atoms. The van der Waals surface area contributed by atoms with Gasteiger partial charge in [0.25, 0.3) is 5.56 Å². The van der Waals surface area contributed by atoms with Crippen LogP contribution in [0.25, 0.3) is 11.4 Å². The summed E-state index contributed by atoms with van der Waals surface area (Å²) in [4.78, 5) is 25.8. The second-order valence-electron chi connectivity index (χ2n) is 5.34. The van der Waals surface area contributed by atoms with Crippen LogP contribution in [0.2, 0.25) is 0 Å². The maximum atomic E-state index is 12.2. The van der Waals surface area contributed by atoms with Crippen LogP contribution in [0.4, 0.5) is 5.95 Å². The van der Waals surface area contributed by atoms with Crippen LogP contribution in [0.3, 0.4) is 0 Å². The Morgan fingerprint density at radius 1 is 1.18 bits per heavy atom. The Kier molecular flexibility index (Phi) is 4.15. The number of H-pyrrole nitrogens is 1. The van der Waals surface area contributed by atoms with Crippen LogP contribution >= 0.6 is 0 Å². The minimum atomic E-state index is -0.405. The Bertz CT molecular complexity index is 739. The Balaban J connectivity index is 2.09. The predicted octanol–water partition coefficient (Wildman–Crippen LogP) is 2.08. The highest BCUT2D eigenvalue weighted by Gasteiger charge is 2.18. The predicted molar refractivity (Wildman–Crippen MR) is 83.5 cm³/mol. The summed E-state index contributed by atoms with van der Waals surface area (Å²) < 4.78 is 0. The van der Waals surface area contributed by atoms with Gasteiger partial charge in [-0.15, -0.1) is 0 Å². The van der Waals surface area contributed by atoms with E-state index >= 15 is 0 Å². The number of anilines is 1. The Morgan fingerprint density at radius 2 is 1.95 bits per heavy atom. The molecule has 2 aromatic heterocycles. The van der Waals surface area contributed by atoms with Gasteiger partial charge in [0.2, 0.25) is 5.95 Å². The van der Waals surface area contributed by atoms with Gasteiger partial charge < -0.3 is 4.90 Å².